The van der Waals surface area contributed by atoms with Crippen LogP contribution in [-0.4, -0.2) is 21.0 Å². The highest BCUT2D eigenvalue weighted by atomic mass is 32.1. The lowest BCUT2D eigenvalue weighted by atomic mass is 9.91. The largest absolute Gasteiger partial charge is 0.352 e. The van der Waals surface area contributed by atoms with Crippen LogP contribution in [0.4, 0.5) is 5.95 Å². The average Bonchev–Trinajstić information content (AvgIpc) is 3.00. The summed E-state index contributed by atoms with van der Waals surface area (Å²) in [6.07, 6.45) is 7.32. The van der Waals surface area contributed by atoms with Gasteiger partial charge in [-0.25, -0.2) is 15.0 Å². The number of benzene rings is 1. The fraction of sp³-hybridized carbons (Fsp3) is 0.350. The average molecular weight is 355 g/mol. The SMILES string of the molecule is CC[C@H](C)Nc1ncc2c(n1)CCC=C2c1ccc2nc(C)sc2c1.[HH].[HH]. The van der Waals surface area contributed by atoms with E-state index in [0.29, 0.717) is 6.04 Å². The van der Waals surface area contributed by atoms with Gasteiger partial charge >= 0.3 is 0 Å². The Balaban J connectivity index is 0.00000131. The summed E-state index contributed by atoms with van der Waals surface area (Å²) in [5.74, 6) is 0.739. The van der Waals surface area contributed by atoms with E-state index in [1.165, 1.54) is 15.8 Å². The summed E-state index contributed by atoms with van der Waals surface area (Å²) in [5, 5.41) is 4.48. The first-order chi connectivity index (χ1) is 12.1. The van der Waals surface area contributed by atoms with Gasteiger partial charge in [-0.2, -0.15) is 0 Å². The Morgan fingerprint density at radius 3 is 3.04 bits per heavy atom. The third kappa shape index (κ3) is 3.16. The van der Waals surface area contributed by atoms with Crippen LogP contribution in [0.3, 0.4) is 0 Å². The first-order valence-corrected chi connectivity index (χ1v) is 9.66. The number of nitrogens with one attached hydrogen (secondary N) is 1. The molecule has 0 saturated heterocycles. The van der Waals surface area contributed by atoms with Gasteiger partial charge in [0.15, 0.2) is 0 Å². The summed E-state index contributed by atoms with van der Waals surface area (Å²) in [6.45, 7) is 6.37. The molecule has 0 radical (unpaired) electrons. The molecule has 132 valence electrons. The fourth-order valence-corrected chi connectivity index (χ4v) is 4.03. The van der Waals surface area contributed by atoms with Crippen molar-refractivity contribution in [2.24, 2.45) is 0 Å². The van der Waals surface area contributed by atoms with E-state index in [-0.39, 0.29) is 2.85 Å². The van der Waals surface area contributed by atoms with Crippen molar-refractivity contribution in [2.75, 3.05) is 5.32 Å². The van der Waals surface area contributed by atoms with Crippen LogP contribution in [0.15, 0.2) is 30.5 Å². The Kier molecular flexibility index (Phi) is 4.25. The monoisotopic (exact) mass is 354 g/mol. The van der Waals surface area contributed by atoms with Gasteiger partial charge in [-0.1, -0.05) is 19.1 Å². The van der Waals surface area contributed by atoms with Crippen molar-refractivity contribution in [1.82, 2.24) is 15.0 Å². The van der Waals surface area contributed by atoms with E-state index >= 15 is 0 Å². The van der Waals surface area contributed by atoms with Gasteiger partial charge in [-0.05, 0) is 56.4 Å². The van der Waals surface area contributed by atoms with Crippen LogP contribution in [0.5, 0.6) is 0 Å². The fourth-order valence-electron chi connectivity index (χ4n) is 3.17. The Morgan fingerprint density at radius 2 is 2.20 bits per heavy atom. The normalized spacial score (nSPS) is 14.9. The molecule has 3 aromatic rings. The Morgan fingerprint density at radius 1 is 1.32 bits per heavy atom. The third-order valence-corrected chi connectivity index (χ3v) is 5.62. The van der Waals surface area contributed by atoms with Crippen molar-refractivity contribution in [2.45, 2.75) is 46.1 Å². The van der Waals surface area contributed by atoms with Gasteiger partial charge in [0.05, 0.1) is 20.9 Å². The second kappa shape index (κ2) is 6.56. The van der Waals surface area contributed by atoms with Crippen LogP contribution < -0.4 is 5.32 Å². The number of hydrogen-bond donors (Lipinski definition) is 1. The standard InChI is InChI=1S/C20H22N4S.2H2/c1-4-12(2)22-20-21-11-16-15(6-5-7-17(16)24-20)14-8-9-18-19(10-14)25-13(3)23-18;;/h6,8-12H,4-5,7H2,1-3H3,(H,21,22,24);2*1H/t12-;;/m0../s1. The summed E-state index contributed by atoms with van der Waals surface area (Å²) in [4.78, 5) is 13.9. The number of aryl methyl sites for hydroxylation is 2. The molecule has 0 aliphatic heterocycles. The number of hydrogen-bond acceptors (Lipinski definition) is 5. The molecule has 1 aliphatic carbocycles. The van der Waals surface area contributed by atoms with Crippen molar-refractivity contribution in [3.05, 3.63) is 52.3 Å². The van der Waals surface area contributed by atoms with Gasteiger partial charge in [0.1, 0.15) is 0 Å². The molecule has 0 amide bonds. The summed E-state index contributed by atoms with van der Waals surface area (Å²) in [6, 6.07) is 6.90. The van der Waals surface area contributed by atoms with Crippen molar-refractivity contribution in [1.29, 1.82) is 0 Å². The van der Waals surface area contributed by atoms with Crippen LogP contribution in [0.1, 0.15) is 51.4 Å². The number of fused-ring (bicyclic) bond motifs is 2. The molecule has 2 heterocycles. The molecule has 25 heavy (non-hydrogen) atoms. The van der Waals surface area contributed by atoms with Gasteiger partial charge in [0.2, 0.25) is 5.95 Å². The van der Waals surface area contributed by atoms with E-state index in [4.69, 9.17) is 4.98 Å². The number of aromatic nitrogens is 3. The number of allylic oxidation sites excluding steroid dienone is 1. The van der Waals surface area contributed by atoms with E-state index in [1.54, 1.807) is 11.3 Å². The lowest BCUT2D eigenvalue weighted by Gasteiger charge is -2.19. The highest BCUT2D eigenvalue weighted by Gasteiger charge is 2.18. The molecule has 0 saturated carbocycles. The molecular formula is C20H26N4S. The molecule has 4 rings (SSSR count). The number of nitrogens with zero attached hydrogens (tertiary/aromatic N) is 3. The van der Waals surface area contributed by atoms with Gasteiger partial charge in [0, 0.05) is 20.7 Å². The van der Waals surface area contributed by atoms with Crippen LogP contribution in [-0.2, 0) is 6.42 Å². The first-order valence-electron chi connectivity index (χ1n) is 8.84. The Labute approximate surface area is 155 Å². The molecule has 0 spiro atoms. The molecule has 1 N–H and O–H groups in total. The predicted octanol–water partition coefficient (Wildman–Crippen LogP) is 5.48. The van der Waals surface area contributed by atoms with Gasteiger partial charge in [0.25, 0.3) is 0 Å². The number of anilines is 1. The van der Waals surface area contributed by atoms with E-state index < -0.39 is 0 Å². The highest BCUT2D eigenvalue weighted by molar-refractivity contribution is 7.18. The van der Waals surface area contributed by atoms with Crippen molar-refractivity contribution in [3.8, 4) is 0 Å². The summed E-state index contributed by atoms with van der Waals surface area (Å²) in [5.41, 5.74) is 5.83. The minimum atomic E-state index is 0. The van der Waals surface area contributed by atoms with Crippen molar-refractivity contribution in [3.63, 3.8) is 0 Å². The lowest BCUT2D eigenvalue weighted by Crippen LogP contribution is -2.17. The molecule has 0 bridgehead atoms. The molecular weight excluding hydrogens is 328 g/mol. The van der Waals surface area contributed by atoms with E-state index in [0.717, 1.165) is 47.0 Å². The maximum Gasteiger partial charge on any atom is 0.223 e. The maximum atomic E-state index is 4.77. The van der Waals surface area contributed by atoms with Crippen LogP contribution in [0.2, 0.25) is 0 Å². The van der Waals surface area contributed by atoms with Crippen LogP contribution in [0, 0.1) is 6.92 Å². The lowest BCUT2D eigenvalue weighted by molar-refractivity contribution is 0.748. The number of thiazole rings is 1. The smallest absolute Gasteiger partial charge is 0.223 e. The summed E-state index contributed by atoms with van der Waals surface area (Å²) < 4.78 is 1.24. The molecule has 1 aliphatic rings. The van der Waals surface area contributed by atoms with Gasteiger partial charge < -0.3 is 5.32 Å². The maximum absolute atomic E-state index is 4.77. The zero-order valence-corrected chi connectivity index (χ0v) is 15.7. The quantitative estimate of drug-likeness (QED) is 0.674. The van der Waals surface area contributed by atoms with Gasteiger partial charge in [-0.15, -0.1) is 11.3 Å². The van der Waals surface area contributed by atoms with Crippen LogP contribution in [0.25, 0.3) is 15.8 Å². The Bertz CT molecular complexity index is 968. The molecule has 0 unspecified atom stereocenters. The molecule has 0 fully saturated rings. The predicted molar refractivity (Wildman–Crippen MR) is 109 cm³/mol. The van der Waals surface area contributed by atoms with E-state index in [9.17, 15) is 0 Å². The summed E-state index contributed by atoms with van der Waals surface area (Å²) >= 11 is 1.74. The minimum Gasteiger partial charge on any atom is -0.352 e. The molecule has 1 aromatic carbocycles. The minimum absolute atomic E-state index is 0. The van der Waals surface area contributed by atoms with Gasteiger partial charge in [-0.3, -0.25) is 0 Å². The number of rotatable bonds is 4. The van der Waals surface area contributed by atoms with E-state index in [2.05, 4.69) is 60.3 Å². The van der Waals surface area contributed by atoms with E-state index in [1.807, 2.05) is 6.20 Å². The zero-order valence-electron chi connectivity index (χ0n) is 14.8. The third-order valence-electron chi connectivity index (χ3n) is 4.68. The highest BCUT2D eigenvalue weighted by Crippen LogP contribution is 2.33. The zero-order chi connectivity index (χ0) is 17.4. The van der Waals surface area contributed by atoms with Crippen molar-refractivity contribution >= 4 is 33.1 Å². The topological polar surface area (TPSA) is 50.7 Å². The first kappa shape index (κ1) is 16.2. The molecule has 5 heteroatoms. The molecule has 1 atom stereocenters. The molecule has 4 nitrogen and oxygen atoms in total. The van der Waals surface area contributed by atoms with Crippen LogP contribution >= 0.6 is 11.3 Å². The Hall–Kier alpha value is -2.27. The summed E-state index contributed by atoms with van der Waals surface area (Å²) in [7, 11) is 0. The second-order valence-corrected chi connectivity index (χ2v) is 7.81. The van der Waals surface area contributed by atoms with Crippen molar-refractivity contribution < 1.29 is 2.85 Å². The molecule has 2 aromatic heterocycles. The second-order valence-electron chi connectivity index (χ2n) is 6.58.